The Kier molecular flexibility index (Phi) is 5.56. The first-order chi connectivity index (χ1) is 10.7. The van der Waals surface area contributed by atoms with Crippen LogP contribution in [0.2, 0.25) is 0 Å². The topological polar surface area (TPSA) is 56.1 Å². The number of nitrogens with one attached hydrogen (secondary N) is 1. The van der Waals surface area contributed by atoms with Gasteiger partial charge in [-0.15, -0.1) is 0 Å². The second-order valence-electron chi connectivity index (χ2n) is 5.05. The van der Waals surface area contributed by atoms with Gasteiger partial charge in [0.2, 0.25) is 5.91 Å². The fraction of sp³-hybridized carbons (Fsp3) is 0.222. The van der Waals surface area contributed by atoms with Gasteiger partial charge in [0.15, 0.2) is 0 Å². The average molecular weight is 293 g/mol. The zero-order valence-corrected chi connectivity index (χ0v) is 12.6. The lowest BCUT2D eigenvalue weighted by molar-refractivity contribution is -0.114. The monoisotopic (exact) mass is 293 g/mol. The van der Waals surface area contributed by atoms with Gasteiger partial charge in [-0.1, -0.05) is 36.4 Å². The zero-order chi connectivity index (χ0) is 15.8. The molecular formula is C18H19N3O. The van der Waals surface area contributed by atoms with Crippen LogP contribution in [-0.4, -0.2) is 12.5 Å². The van der Waals surface area contributed by atoms with Gasteiger partial charge in [0.1, 0.15) is 0 Å². The number of benzene rings is 2. The third-order valence-corrected chi connectivity index (χ3v) is 3.24. The fourth-order valence-electron chi connectivity index (χ4n) is 2.27. The number of anilines is 2. The first kappa shape index (κ1) is 15.6. The van der Waals surface area contributed by atoms with E-state index in [-0.39, 0.29) is 5.91 Å². The number of carbonyl (C=O) groups excluding carboxylic acids is 1. The van der Waals surface area contributed by atoms with Crippen LogP contribution in [-0.2, 0) is 11.3 Å². The van der Waals surface area contributed by atoms with Crippen LogP contribution in [0.3, 0.4) is 0 Å². The number of amides is 1. The fourth-order valence-corrected chi connectivity index (χ4v) is 2.27. The molecule has 2 rings (SSSR count). The van der Waals surface area contributed by atoms with Crippen LogP contribution in [0.25, 0.3) is 0 Å². The SMILES string of the molecule is CC(=O)Nc1cccc(N(CCC#N)Cc2ccccc2)c1. The van der Waals surface area contributed by atoms with Gasteiger partial charge in [0.25, 0.3) is 0 Å². The van der Waals surface area contributed by atoms with Crippen molar-refractivity contribution in [3.05, 3.63) is 60.2 Å². The molecule has 4 nitrogen and oxygen atoms in total. The lowest BCUT2D eigenvalue weighted by Crippen LogP contribution is -2.23. The van der Waals surface area contributed by atoms with E-state index < -0.39 is 0 Å². The molecule has 1 N–H and O–H groups in total. The first-order valence-corrected chi connectivity index (χ1v) is 7.22. The molecule has 0 unspecified atom stereocenters. The van der Waals surface area contributed by atoms with E-state index >= 15 is 0 Å². The Labute approximate surface area is 131 Å². The van der Waals surface area contributed by atoms with Gasteiger partial charge >= 0.3 is 0 Å². The molecule has 2 aromatic rings. The second-order valence-corrected chi connectivity index (χ2v) is 5.05. The maximum atomic E-state index is 11.2. The number of rotatable bonds is 6. The van der Waals surface area contributed by atoms with Gasteiger partial charge in [0, 0.05) is 31.4 Å². The summed E-state index contributed by atoms with van der Waals surface area (Å²) in [7, 11) is 0. The molecule has 0 fully saturated rings. The van der Waals surface area contributed by atoms with Crippen LogP contribution in [0.1, 0.15) is 18.9 Å². The van der Waals surface area contributed by atoms with E-state index in [1.54, 1.807) is 0 Å². The smallest absolute Gasteiger partial charge is 0.221 e. The molecule has 112 valence electrons. The minimum Gasteiger partial charge on any atom is -0.366 e. The molecule has 0 saturated heterocycles. The third-order valence-electron chi connectivity index (χ3n) is 3.24. The molecule has 0 atom stereocenters. The maximum absolute atomic E-state index is 11.2. The van der Waals surface area contributed by atoms with Crippen molar-refractivity contribution in [3.63, 3.8) is 0 Å². The summed E-state index contributed by atoms with van der Waals surface area (Å²) in [6.07, 6.45) is 0.456. The van der Waals surface area contributed by atoms with Gasteiger partial charge in [-0.25, -0.2) is 0 Å². The number of hydrogen-bond acceptors (Lipinski definition) is 3. The largest absolute Gasteiger partial charge is 0.366 e. The van der Waals surface area contributed by atoms with Crippen molar-refractivity contribution >= 4 is 17.3 Å². The van der Waals surface area contributed by atoms with E-state index in [0.717, 1.165) is 17.9 Å². The summed E-state index contributed by atoms with van der Waals surface area (Å²) >= 11 is 0. The van der Waals surface area contributed by atoms with Gasteiger partial charge in [-0.2, -0.15) is 5.26 Å². The lowest BCUT2D eigenvalue weighted by Gasteiger charge is -2.24. The Bertz CT molecular complexity index is 662. The Hall–Kier alpha value is -2.80. The van der Waals surface area contributed by atoms with E-state index in [2.05, 4.69) is 28.4 Å². The quantitative estimate of drug-likeness (QED) is 0.886. The molecule has 0 aromatic heterocycles. The van der Waals surface area contributed by atoms with Crippen molar-refractivity contribution in [2.45, 2.75) is 19.9 Å². The standard InChI is InChI=1S/C18H19N3O/c1-15(22)20-17-9-5-10-18(13-17)21(12-6-11-19)14-16-7-3-2-4-8-16/h2-5,7-10,13H,6,12,14H2,1H3,(H,20,22). The summed E-state index contributed by atoms with van der Waals surface area (Å²) in [5.74, 6) is -0.0937. The van der Waals surface area contributed by atoms with Crippen molar-refractivity contribution < 1.29 is 4.79 Å². The Morgan fingerprint density at radius 3 is 2.64 bits per heavy atom. The van der Waals surface area contributed by atoms with Gasteiger partial charge < -0.3 is 10.2 Å². The molecule has 0 saturated carbocycles. The molecule has 0 aliphatic rings. The summed E-state index contributed by atoms with van der Waals surface area (Å²) in [5, 5.41) is 11.7. The molecular weight excluding hydrogens is 274 g/mol. The number of hydrogen-bond donors (Lipinski definition) is 1. The lowest BCUT2D eigenvalue weighted by atomic mass is 10.2. The average Bonchev–Trinajstić information content (AvgIpc) is 2.52. The normalized spacial score (nSPS) is 9.82. The van der Waals surface area contributed by atoms with Crippen LogP contribution in [0, 0.1) is 11.3 Å². The number of nitrogens with zero attached hydrogens (tertiary/aromatic N) is 2. The molecule has 22 heavy (non-hydrogen) atoms. The van der Waals surface area contributed by atoms with Crippen molar-refractivity contribution in [1.82, 2.24) is 0 Å². The van der Waals surface area contributed by atoms with E-state index in [1.807, 2.05) is 42.5 Å². The number of carbonyl (C=O) groups is 1. The van der Waals surface area contributed by atoms with E-state index in [0.29, 0.717) is 13.0 Å². The van der Waals surface area contributed by atoms with E-state index in [1.165, 1.54) is 12.5 Å². The van der Waals surface area contributed by atoms with Crippen LogP contribution >= 0.6 is 0 Å². The summed E-state index contributed by atoms with van der Waals surface area (Å²) in [6.45, 7) is 2.87. The summed E-state index contributed by atoms with van der Waals surface area (Å²) in [5.41, 5.74) is 2.94. The van der Waals surface area contributed by atoms with Crippen molar-refractivity contribution in [2.24, 2.45) is 0 Å². The Morgan fingerprint density at radius 2 is 1.95 bits per heavy atom. The number of nitriles is 1. The van der Waals surface area contributed by atoms with Crippen LogP contribution in [0.15, 0.2) is 54.6 Å². The van der Waals surface area contributed by atoms with Gasteiger partial charge in [-0.05, 0) is 23.8 Å². The summed E-state index contributed by atoms with van der Waals surface area (Å²) < 4.78 is 0. The Balaban J connectivity index is 2.21. The second kappa shape index (κ2) is 7.84. The van der Waals surface area contributed by atoms with Crippen LogP contribution < -0.4 is 10.2 Å². The predicted octanol–water partition coefficient (Wildman–Crippen LogP) is 3.57. The van der Waals surface area contributed by atoms with Gasteiger partial charge in [0.05, 0.1) is 12.5 Å². The molecule has 0 spiro atoms. The summed E-state index contributed by atoms with van der Waals surface area (Å²) in [6, 6.07) is 20.0. The highest BCUT2D eigenvalue weighted by Crippen LogP contribution is 2.22. The highest BCUT2D eigenvalue weighted by atomic mass is 16.1. The Morgan fingerprint density at radius 1 is 1.18 bits per heavy atom. The van der Waals surface area contributed by atoms with E-state index in [9.17, 15) is 4.79 Å². The predicted molar refractivity (Wildman–Crippen MR) is 88.5 cm³/mol. The van der Waals surface area contributed by atoms with Crippen LogP contribution in [0.4, 0.5) is 11.4 Å². The molecule has 1 amide bonds. The third kappa shape index (κ3) is 4.64. The van der Waals surface area contributed by atoms with Crippen molar-refractivity contribution in [3.8, 4) is 6.07 Å². The molecule has 0 heterocycles. The highest BCUT2D eigenvalue weighted by Gasteiger charge is 2.08. The molecule has 0 bridgehead atoms. The molecule has 2 aromatic carbocycles. The van der Waals surface area contributed by atoms with Gasteiger partial charge in [-0.3, -0.25) is 4.79 Å². The maximum Gasteiger partial charge on any atom is 0.221 e. The minimum absolute atomic E-state index is 0.0937. The molecule has 0 aliphatic heterocycles. The van der Waals surface area contributed by atoms with Crippen molar-refractivity contribution in [2.75, 3.05) is 16.8 Å². The molecule has 4 heteroatoms. The highest BCUT2D eigenvalue weighted by molar-refractivity contribution is 5.89. The molecule has 0 aliphatic carbocycles. The van der Waals surface area contributed by atoms with E-state index in [4.69, 9.17) is 5.26 Å². The molecule has 0 radical (unpaired) electrons. The van der Waals surface area contributed by atoms with Crippen LogP contribution in [0.5, 0.6) is 0 Å². The summed E-state index contributed by atoms with van der Waals surface area (Å²) in [4.78, 5) is 13.3. The first-order valence-electron chi connectivity index (χ1n) is 7.22. The minimum atomic E-state index is -0.0937. The van der Waals surface area contributed by atoms with Crippen molar-refractivity contribution in [1.29, 1.82) is 5.26 Å². The zero-order valence-electron chi connectivity index (χ0n) is 12.6.